The molecule has 28 heavy (non-hydrogen) atoms. The van der Waals surface area contributed by atoms with Gasteiger partial charge >= 0.3 is 5.97 Å². The second-order valence-corrected chi connectivity index (χ2v) is 6.22. The van der Waals surface area contributed by atoms with Crippen molar-refractivity contribution in [3.63, 3.8) is 0 Å². The second-order valence-electron chi connectivity index (χ2n) is 5.81. The van der Waals surface area contributed by atoms with Gasteiger partial charge in [0.2, 0.25) is 0 Å². The Hall–Kier alpha value is -3.38. The number of anilines is 1. The molecule has 0 spiro atoms. The van der Waals surface area contributed by atoms with Gasteiger partial charge in [-0.2, -0.15) is 5.10 Å². The van der Waals surface area contributed by atoms with Crippen molar-refractivity contribution in [3.8, 4) is 5.75 Å². The highest BCUT2D eigenvalue weighted by Gasteiger charge is 2.07. The lowest BCUT2D eigenvalue weighted by Crippen LogP contribution is -1.99. The third-order valence-electron chi connectivity index (χ3n) is 3.84. The highest BCUT2D eigenvalue weighted by Crippen LogP contribution is 2.21. The van der Waals surface area contributed by atoms with Gasteiger partial charge < -0.3 is 9.84 Å². The summed E-state index contributed by atoms with van der Waals surface area (Å²) >= 11 is 5.98. The number of benzene rings is 3. The number of rotatable bonds is 7. The topological polar surface area (TPSA) is 70.9 Å². The number of carboxylic acid groups (broad SMARTS) is 1. The summed E-state index contributed by atoms with van der Waals surface area (Å²) < 4.78 is 19.3. The number of hydrogen-bond acceptors (Lipinski definition) is 4. The summed E-state index contributed by atoms with van der Waals surface area (Å²) in [6.45, 7) is 0.0282. The van der Waals surface area contributed by atoms with Crippen molar-refractivity contribution in [3.05, 3.63) is 94.3 Å². The molecule has 7 heteroatoms. The van der Waals surface area contributed by atoms with Crippen molar-refractivity contribution in [2.75, 3.05) is 5.43 Å². The van der Waals surface area contributed by atoms with Gasteiger partial charge in [0.15, 0.2) is 0 Å². The lowest BCUT2D eigenvalue weighted by molar-refractivity contribution is 0.0697. The highest BCUT2D eigenvalue weighted by molar-refractivity contribution is 6.31. The Morgan fingerprint density at radius 3 is 2.61 bits per heavy atom. The SMILES string of the molecule is O=C(O)c1cccc(NN=Cc2ccc(OCc3c(F)cccc3Cl)cc2)c1. The summed E-state index contributed by atoms with van der Waals surface area (Å²) in [6, 6.07) is 17.9. The standard InChI is InChI=1S/C21H16ClFN2O3/c22-19-5-2-6-20(23)18(19)13-28-17-9-7-14(8-10-17)12-24-25-16-4-1-3-15(11-16)21(26)27/h1-12,25H,13H2,(H,26,27). The van der Waals surface area contributed by atoms with Crippen LogP contribution in [-0.2, 0) is 6.61 Å². The molecule has 0 fully saturated rings. The fraction of sp³-hybridized carbons (Fsp3) is 0.0476. The average molecular weight is 399 g/mol. The van der Waals surface area contributed by atoms with Crippen LogP contribution in [0, 0.1) is 5.82 Å². The molecule has 142 valence electrons. The summed E-state index contributed by atoms with van der Waals surface area (Å²) in [5.41, 5.74) is 4.64. The molecule has 5 nitrogen and oxygen atoms in total. The molecule has 0 radical (unpaired) electrons. The van der Waals surface area contributed by atoms with E-state index in [1.807, 2.05) is 0 Å². The minimum atomic E-state index is -1.00. The number of nitrogens with one attached hydrogen (secondary N) is 1. The van der Waals surface area contributed by atoms with E-state index in [9.17, 15) is 9.18 Å². The van der Waals surface area contributed by atoms with Gasteiger partial charge in [0.1, 0.15) is 18.2 Å². The van der Waals surface area contributed by atoms with Crippen LogP contribution < -0.4 is 10.2 Å². The lowest BCUT2D eigenvalue weighted by atomic mass is 10.2. The zero-order valence-corrected chi connectivity index (χ0v) is 15.4. The van der Waals surface area contributed by atoms with Gasteiger partial charge in [-0.25, -0.2) is 9.18 Å². The largest absolute Gasteiger partial charge is 0.489 e. The summed E-state index contributed by atoms with van der Waals surface area (Å²) in [7, 11) is 0. The van der Waals surface area contributed by atoms with Crippen molar-refractivity contribution in [2.45, 2.75) is 6.61 Å². The Bertz CT molecular complexity index is 987. The van der Waals surface area contributed by atoms with E-state index in [0.29, 0.717) is 22.0 Å². The number of ether oxygens (including phenoxy) is 1. The first-order valence-corrected chi connectivity index (χ1v) is 8.69. The van der Waals surface area contributed by atoms with Gasteiger partial charge in [0.25, 0.3) is 0 Å². The van der Waals surface area contributed by atoms with E-state index in [1.54, 1.807) is 54.7 Å². The molecule has 0 aromatic heterocycles. The summed E-state index contributed by atoms with van der Waals surface area (Å²) in [4.78, 5) is 11.0. The molecule has 0 bridgehead atoms. The van der Waals surface area contributed by atoms with E-state index in [1.165, 1.54) is 18.2 Å². The van der Waals surface area contributed by atoms with E-state index in [4.69, 9.17) is 21.4 Å². The van der Waals surface area contributed by atoms with E-state index in [0.717, 1.165) is 5.56 Å². The lowest BCUT2D eigenvalue weighted by Gasteiger charge is -2.09. The maximum absolute atomic E-state index is 13.7. The Morgan fingerprint density at radius 1 is 1.14 bits per heavy atom. The Labute approximate surface area is 166 Å². The van der Waals surface area contributed by atoms with E-state index in [-0.39, 0.29) is 12.2 Å². The first kappa shape index (κ1) is 19.4. The molecule has 0 saturated carbocycles. The Balaban J connectivity index is 1.58. The van der Waals surface area contributed by atoms with Gasteiger partial charge in [-0.15, -0.1) is 0 Å². The minimum Gasteiger partial charge on any atom is -0.489 e. The summed E-state index contributed by atoms with van der Waals surface area (Å²) in [5.74, 6) is -0.840. The zero-order chi connectivity index (χ0) is 19.9. The molecule has 0 unspecified atom stereocenters. The maximum atomic E-state index is 13.7. The number of aromatic carboxylic acids is 1. The van der Waals surface area contributed by atoms with Gasteiger partial charge in [-0.1, -0.05) is 23.7 Å². The average Bonchev–Trinajstić information content (AvgIpc) is 2.69. The fourth-order valence-electron chi connectivity index (χ4n) is 2.38. The van der Waals surface area contributed by atoms with Crippen molar-refractivity contribution in [1.29, 1.82) is 0 Å². The molecule has 0 aliphatic rings. The molecule has 3 rings (SSSR count). The molecular weight excluding hydrogens is 383 g/mol. The number of carboxylic acids is 1. The molecule has 0 saturated heterocycles. The van der Waals surface area contributed by atoms with Crippen LogP contribution in [0.15, 0.2) is 71.8 Å². The fourth-order valence-corrected chi connectivity index (χ4v) is 2.60. The molecule has 0 aliphatic carbocycles. The molecule has 0 aliphatic heterocycles. The Morgan fingerprint density at radius 2 is 1.89 bits per heavy atom. The van der Waals surface area contributed by atoms with Crippen molar-refractivity contribution in [1.82, 2.24) is 0 Å². The van der Waals surface area contributed by atoms with Crippen LogP contribution >= 0.6 is 11.6 Å². The second kappa shape index (κ2) is 9.01. The number of hydrazone groups is 1. The van der Waals surface area contributed by atoms with Crippen LogP contribution in [0.4, 0.5) is 10.1 Å². The third-order valence-corrected chi connectivity index (χ3v) is 4.20. The van der Waals surface area contributed by atoms with Gasteiger partial charge in [-0.05, 0) is 60.2 Å². The van der Waals surface area contributed by atoms with Crippen molar-refractivity contribution < 1.29 is 19.0 Å². The predicted octanol–water partition coefficient (Wildman–Crippen LogP) is 5.20. The van der Waals surface area contributed by atoms with Crippen molar-refractivity contribution >= 4 is 29.5 Å². The molecule has 3 aromatic rings. The first-order chi connectivity index (χ1) is 13.5. The van der Waals surface area contributed by atoms with E-state index >= 15 is 0 Å². The molecule has 3 aromatic carbocycles. The predicted molar refractivity (Wildman–Crippen MR) is 107 cm³/mol. The van der Waals surface area contributed by atoms with Crippen molar-refractivity contribution in [2.24, 2.45) is 5.10 Å². The molecule has 2 N–H and O–H groups in total. The monoisotopic (exact) mass is 398 g/mol. The van der Waals surface area contributed by atoms with Crippen LogP contribution in [0.3, 0.4) is 0 Å². The quantitative estimate of drug-likeness (QED) is 0.423. The normalized spacial score (nSPS) is 10.8. The van der Waals surface area contributed by atoms with Gasteiger partial charge in [0.05, 0.1) is 22.5 Å². The van der Waals surface area contributed by atoms with Gasteiger partial charge in [-0.3, -0.25) is 5.43 Å². The van der Waals surface area contributed by atoms with E-state index < -0.39 is 11.8 Å². The van der Waals surface area contributed by atoms with Gasteiger partial charge in [0, 0.05) is 5.56 Å². The molecule has 0 amide bonds. The molecular formula is C21H16ClFN2O3. The van der Waals surface area contributed by atoms with Crippen LogP contribution in [0.25, 0.3) is 0 Å². The molecule has 0 atom stereocenters. The highest BCUT2D eigenvalue weighted by atomic mass is 35.5. The van der Waals surface area contributed by atoms with Crippen LogP contribution in [0.2, 0.25) is 5.02 Å². The smallest absolute Gasteiger partial charge is 0.335 e. The first-order valence-electron chi connectivity index (χ1n) is 8.31. The van der Waals surface area contributed by atoms with E-state index in [2.05, 4.69) is 10.5 Å². The Kier molecular flexibility index (Phi) is 6.24. The summed E-state index contributed by atoms with van der Waals surface area (Å²) in [5, 5.41) is 13.4. The van der Waals surface area contributed by atoms with Crippen LogP contribution in [0.1, 0.15) is 21.5 Å². The number of hydrogen-bond donors (Lipinski definition) is 2. The van der Waals surface area contributed by atoms with Crippen LogP contribution in [0.5, 0.6) is 5.75 Å². The minimum absolute atomic E-state index is 0.0282. The number of carbonyl (C=O) groups is 1. The van der Waals surface area contributed by atoms with Crippen LogP contribution in [-0.4, -0.2) is 17.3 Å². The maximum Gasteiger partial charge on any atom is 0.335 e. The summed E-state index contributed by atoms with van der Waals surface area (Å²) in [6.07, 6.45) is 1.59. The number of nitrogens with zero attached hydrogens (tertiary/aromatic N) is 1. The third kappa shape index (κ3) is 5.08. The zero-order valence-electron chi connectivity index (χ0n) is 14.6. The molecule has 0 heterocycles. The number of halogens is 2.